The van der Waals surface area contributed by atoms with Crippen LogP contribution in [-0.4, -0.2) is 16.9 Å². The summed E-state index contributed by atoms with van der Waals surface area (Å²) in [4.78, 5) is 5.54. The molecule has 5 nitrogen and oxygen atoms in total. The highest BCUT2D eigenvalue weighted by Crippen LogP contribution is 2.32. The average molecular weight is 430 g/mol. The molecule has 8 heteroatoms. The summed E-state index contributed by atoms with van der Waals surface area (Å²) in [5.41, 5.74) is 1.88. The molecule has 0 amide bonds. The van der Waals surface area contributed by atoms with Gasteiger partial charge in [-0.3, -0.25) is 0 Å². The summed E-state index contributed by atoms with van der Waals surface area (Å²) in [6.07, 6.45) is 1.76. The molecule has 2 N–H and O–H groups in total. The largest absolute Gasteiger partial charge is 0.454 e. The molecule has 0 saturated heterocycles. The number of thiocarbonyl (C=S) groups is 1. The van der Waals surface area contributed by atoms with Crippen LogP contribution in [0.1, 0.15) is 5.56 Å². The van der Waals surface area contributed by atoms with Crippen molar-refractivity contribution in [2.45, 2.75) is 16.5 Å². The molecule has 0 bridgehead atoms. The van der Waals surface area contributed by atoms with Gasteiger partial charge in [-0.2, -0.15) is 0 Å². The monoisotopic (exact) mass is 429 g/mol. The van der Waals surface area contributed by atoms with Gasteiger partial charge in [0.25, 0.3) is 0 Å². The van der Waals surface area contributed by atoms with Gasteiger partial charge < -0.3 is 20.1 Å². The highest BCUT2D eigenvalue weighted by Gasteiger charge is 2.13. The number of rotatable bonds is 5. The first-order chi connectivity index (χ1) is 13.7. The second-order valence-electron chi connectivity index (χ2n) is 5.94. The smallest absolute Gasteiger partial charge is 0.231 e. The zero-order valence-electron chi connectivity index (χ0n) is 14.6. The first kappa shape index (κ1) is 18.9. The Morgan fingerprint density at radius 2 is 1.89 bits per heavy atom. The molecule has 2 aromatic carbocycles. The maximum atomic E-state index is 5.91. The van der Waals surface area contributed by atoms with E-state index in [2.05, 4.69) is 15.6 Å². The number of nitrogens with zero attached hydrogens (tertiary/aromatic N) is 1. The molecule has 1 aliphatic rings. The summed E-state index contributed by atoms with van der Waals surface area (Å²) in [5, 5.41) is 8.46. The van der Waals surface area contributed by atoms with E-state index >= 15 is 0 Å². The van der Waals surface area contributed by atoms with E-state index in [0.29, 0.717) is 11.7 Å². The fourth-order valence-electron chi connectivity index (χ4n) is 2.55. The summed E-state index contributed by atoms with van der Waals surface area (Å²) in [6, 6.07) is 17.4. The molecule has 1 aromatic heterocycles. The first-order valence-corrected chi connectivity index (χ1v) is 10.1. The van der Waals surface area contributed by atoms with Crippen molar-refractivity contribution in [1.29, 1.82) is 0 Å². The summed E-state index contributed by atoms with van der Waals surface area (Å²) in [7, 11) is 0. The van der Waals surface area contributed by atoms with Crippen molar-refractivity contribution in [3.63, 3.8) is 0 Å². The van der Waals surface area contributed by atoms with Gasteiger partial charge in [0.05, 0.1) is 11.9 Å². The molecule has 0 fully saturated rings. The van der Waals surface area contributed by atoms with E-state index in [1.165, 1.54) is 0 Å². The van der Waals surface area contributed by atoms with Crippen molar-refractivity contribution in [3.8, 4) is 11.5 Å². The predicted octanol–water partition coefficient (Wildman–Crippen LogP) is 5.10. The van der Waals surface area contributed by atoms with Crippen molar-refractivity contribution in [2.24, 2.45) is 0 Å². The summed E-state index contributed by atoms with van der Waals surface area (Å²) < 4.78 is 10.7. The minimum atomic E-state index is 0.269. The number of nitrogens with one attached hydrogen (secondary N) is 2. The number of halogens is 1. The van der Waals surface area contributed by atoms with Crippen molar-refractivity contribution in [1.82, 2.24) is 10.3 Å². The number of hydrogen-bond acceptors (Lipinski definition) is 5. The maximum Gasteiger partial charge on any atom is 0.231 e. The third kappa shape index (κ3) is 4.86. The van der Waals surface area contributed by atoms with Gasteiger partial charge in [-0.05, 0) is 66.3 Å². The summed E-state index contributed by atoms with van der Waals surface area (Å²) >= 11 is 12.8. The third-order valence-electron chi connectivity index (χ3n) is 3.92. The lowest BCUT2D eigenvalue weighted by atomic mass is 10.2. The van der Waals surface area contributed by atoms with Gasteiger partial charge in [-0.25, -0.2) is 4.98 Å². The quantitative estimate of drug-likeness (QED) is 0.547. The van der Waals surface area contributed by atoms with Gasteiger partial charge in [-0.15, -0.1) is 0 Å². The number of pyridine rings is 1. The van der Waals surface area contributed by atoms with Gasteiger partial charge in [-0.1, -0.05) is 29.4 Å². The molecule has 3 aromatic rings. The van der Waals surface area contributed by atoms with E-state index in [4.69, 9.17) is 33.3 Å². The van der Waals surface area contributed by atoms with E-state index in [0.717, 1.165) is 37.7 Å². The minimum absolute atomic E-state index is 0.269. The average Bonchev–Trinajstić information content (AvgIpc) is 3.17. The molecule has 0 saturated carbocycles. The van der Waals surface area contributed by atoms with Crippen molar-refractivity contribution in [3.05, 3.63) is 71.4 Å². The van der Waals surface area contributed by atoms with E-state index in [-0.39, 0.29) is 6.79 Å². The van der Waals surface area contributed by atoms with Gasteiger partial charge in [0.15, 0.2) is 16.6 Å². The Labute approximate surface area is 177 Å². The first-order valence-electron chi connectivity index (χ1n) is 8.48. The van der Waals surface area contributed by atoms with Crippen LogP contribution in [0.25, 0.3) is 0 Å². The Balaban J connectivity index is 1.29. The Kier molecular flexibility index (Phi) is 5.85. The molecule has 4 rings (SSSR count). The normalized spacial score (nSPS) is 11.9. The molecule has 1 aliphatic heterocycles. The van der Waals surface area contributed by atoms with E-state index in [1.807, 2.05) is 54.6 Å². The van der Waals surface area contributed by atoms with E-state index in [9.17, 15) is 0 Å². The van der Waals surface area contributed by atoms with Gasteiger partial charge >= 0.3 is 0 Å². The number of benzene rings is 2. The van der Waals surface area contributed by atoms with Crippen LogP contribution >= 0.6 is 35.6 Å². The van der Waals surface area contributed by atoms with E-state index in [1.54, 1.807) is 18.0 Å². The lowest BCUT2D eigenvalue weighted by Crippen LogP contribution is -2.27. The molecule has 2 heterocycles. The molecule has 0 unspecified atom stereocenters. The van der Waals surface area contributed by atoms with Crippen LogP contribution < -0.4 is 20.1 Å². The predicted molar refractivity (Wildman–Crippen MR) is 115 cm³/mol. The number of hydrogen-bond donors (Lipinski definition) is 2. The molecule has 142 valence electrons. The third-order valence-corrected chi connectivity index (χ3v) is 5.38. The van der Waals surface area contributed by atoms with Crippen LogP contribution in [-0.2, 0) is 6.54 Å². The van der Waals surface area contributed by atoms with Crippen molar-refractivity contribution in [2.75, 3.05) is 12.1 Å². The molecular weight excluding hydrogens is 414 g/mol. The Morgan fingerprint density at radius 3 is 2.68 bits per heavy atom. The lowest BCUT2D eigenvalue weighted by Gasteiger charge is -2.11. The van der Waals surface area contributed by atoms with Crippen LogP contribution in [0.5, 0.6) is 11.5 Å². The number of ether oxygens (including phenoxy) is 2. The van der Waals surface area contributed by atoms with Gasteiger partial charge in [0.1, 0.15) is 5.03 Å². The molecule has 0 aliphatic carbocycles. The zero-order chi connectivity index (χ0) is 19.3. The zero-order valence-corrected chi connectivity index (χ0v) is 17.0. The van der Waals surface area contributed by atoms with Crippen LogP contribution in [0.4, 0.5) is 5.69 Å². The Morgan fingerprint density at radius 1 is 1.07 bits per heavy atom. The second-order valence-corrected chi connectivity index (χ2v) is 7.87. The molecule has 28 heavy (non-hydrogen) atoms. The summed E-state index contributed by atoms with van der Waals surface area (Å²) in [6.45, 7) is 0.853. The SMILES string of the molecule is S=C(NCc1ccc2c(c1)OCO2)Nc1ccc(Sc2ccc(Cl)cc2)nc1. The standard InChI is InChI=1S/C20H16ClN3O2S2/c21-14-2-5-16(6-3-14)28-19-8-4-15(11-22-19)24-20(27)23-10-13-1-7-17-18(9-13)26-12-25-17/h1-9,11H,10,12H2,(H2,23,24,27). The Hall–Kier alpha value is -2.48. The van der Waals surface area contributed by atoms with Crippen LogP contribution in [0.3, 0.4) is 0 Å². The number of aromatic nitrogens is 1. The van der Waals surface area contributed by atoms with Gasteiger partial charge in [0, 0.05) is 16.5 Å². The second kappa shape index (κ2) is 8.68. The maximum absolute atomic E-state index is 5.91. The van der Waals surface area contributed by atoms with Crippen LogP contribution in [0.15, 0.2) is 70.7 Å². The van der Waals surface area contributed by atoms with Crippen molar-refractivity contribution >= 4 is 46.4 Å². The highest BCUT2D eigenvalue weighted by molar-refractivity contribution is 7.99. The molecule has 0 spiro atoms. The molecule has 0 radical (unpaired) electrons. The minimum Gasteiger partial charge on any atom is -0.454 e. The molecule has 0 atom stereocenters. The van der Waals surface area contributed by atoms with Crippen LogP contribution in [0, 0.1) is 0 Å². The van der Waals surface area contributed by atoms with Crippen LogP contribution in [0.2, 0.25) is 5.02 Å². The number of anilines is 1. The highest BCUT2D eigenvalue weighted by atomic mass is 35.5. The van der Waals surface area contributed by atoms with Crippen molar-refractivity contribution < 1.29 is 9.47 Å². The lowest BCUT2D eigenvalue weighted by molar-refractivity contribution is 0.174. The number of fused-ring (bicyclic) bond motifs is 1. The summed E-state index contributed by atoms with van der Waals surface area (Å²) in [5.74, 6) is 1.53. The van der Waals surface area contributed by atoms with Gasteiger partial charge in [0.2, 0.25) is 6.79 Å². The van der Waals surface area contributed by atoms with E-state index < -0.39 is 0 Å². The molecular formula is C20H16ClN3O2S2. The fraction of sp³-hybridized carbons (Fsp3) is 0.100. The topological polar surface area (TPSA) is 55.4 Å². The fourth-order valence-corrected chi connectivity index (χ4v) is 3.62. The Bertz CT molecular complexity index is 982.